The van der Waals surface area contributed by atoms with Gasteiger partial charge in [-0.3, -0.25) is 0 Å². The number of rotatable bonds is 5. The Labute approximate surface area is 191 Å². The summed E-state index contributed by atoms with van der Waals surface area (Å²) in [5.74, 6) is -2.56. The number of phenolic OH excluding ortho intramolecular Hbond substituents is 7. The Morgan fingerprint density at radius 2 is 1.09 bits per heavy atom. The zero-order valence-corrected chi connectivity index (χ0v) is 18.1. The van der Waals surface area contributed by atoms with Crippen molar-refractivity contribution < 1.29 is 35.7 Å². The highest BCUT2D eigenvalue weighted by molar-refractivity contribution is 5.58. The molecule has 33 heavy (non-hydrogen) atoms. The standard InChI is InChI=1S/C26H28O7/c27-20-8-6-16(23(30)25(20)32)10-14-11-18(13-17-7-9-21(28)26(33)24(17)31)22(29)19(12-14)15-4-2-1-3-5-15/h6-9,11-12,15,27-33H,1-5,10,13H2. The number of hydrogen-bond donors (Lipinski definition) is 7. The number of benzene rings is 3. The van der Waals surface area contributed by atoms with Crippen LogP contribution in [0.5, 0.6) is 40.2 Å². The van der Waals surface area contributed by atoms with Gasteiger partial charge in [-0.25, -0.2) is 0 Å². The first-order valence-corrected chi connectivity index (χ1v) is 11.1. The Balaban J connectivity index is 1.77. The average Bonchev–Trinajstić information content (AvgIpc) is 2.82. The maximum Gasteiger partial charge on any atom is 0.200 e. The number of phenols is 7. The van der Waals surface area contributed by atoms with Crippen molar-refractivity contribution in [3.8, 4) is 40.2 Å². The molecule has 1 fully saturated rings. The van der Waals surface area contributed by atoms with Crippen LogP contribution in [0.3, 0.4) is 0 Å². The first-order chi connectivity index (χ1) is 15.8. The predicted molar refractivity (Wildman–Crippen MR) is 122 cm³/mol. The van der Waals surface area contributed by atoms with E-state index in [-0.39, 0.29) is 24.5 Å². The minimum Gasteiger partial charge on any atom is -0.507 e. The molecule has 7 heteroatoms. The molecule has 1 aliphatic carbocycles. The summed E-state index contributed by atoms with van der Waals surface area (Å²) in [6, 6.07) is 9.28. The Kier molecular flexibility index (Phi) is 6.14. The van der Waals surface area contributed by atoms with Crippen molar-refractivity contribution in [1.29, 1.82) is 0 Å². The third kappa shape index (κ3) is 4.44. The molecule has 1 aliphatic rings. The molecule has 0 radical (unpaired) electrons. The highest BCUT2D eigenvalue weighted by Gasteiger charge is 2.23. The lowest BCUT2D eigenvalue weighted by atomic mass is 9.81. The minimum absolute atomic E-state index is 0.117. The molecular formula is C26H28O7. The normalized spacial score (nSPS) is 14.4. The van der Waals surface area contributed by atoms with Crippen molar-refractivity contribution >= 4 is 0 Å². The van der Waals surface area contributed by atoms with Gasteiger partial charge in [0.25, 0.3) is 0 Å². The molecule has 0 spiro atoms. The van der Waals surface area contributed by atoms with Crippen LogP contribution < -0.4 is 0 Å². The fraction of sp³-hybridized carbons (Fsp3) is 0.308. The second-order valence-corrected chi connectivity index (χ2v) is 8.76. The van der Waals surface area contributed by atoms with Crippen LogP contribution in [-0.2, 0) is 12.8 Å². The third-order valence-corrected chi connectivity index (χ3v) is 6.53. The topological polar surface area (TPSA) is 142 Å². The molecule has 3 aromatic rings. The van der Waals surface area contributed by atoms with Crippen LogP contribution in [0.15, 0.2) is 36.4 Å². The van der Waals surface area contributed by atoms with Gasteiger partial charge < -0.3 is 35.7 Å². The van der Waals surface area contributed by atoms with E-state index >= 15 is 0 Å². The van der Waals surface area contributed by atoms with Gasteiger partial charge in [0.1, 0.15) is 5.75 Å². The SMILES string of the molecule is Oc1ccc(Cc2cc(Cc3ccc(O)c(O)c3O)c(O)c(C3CCCCC3)c2)c(O)c1O. The molecule has 7 nitrogen and oxygen atoms in total. The van der Waals surface area contributed by atoms with E-state index in [9.17, 15) is 35.7 Å². The monoisotopic (exact) mass is 452 g/mol. The number of aromatic hydroxyl groups is 7. The van der Waals surface area contributed by atoms with Crippen LogP contribution in [0, 0.1) is 0 Å². The lowest BCUT2D eigenvalue weighted by Crippen LogP contribution is -2.07. The molecule has 0 unspecified atom stereocenters. The summed E-state index contributed by atoms with van der Waals surface area (Å²) in [6.07, 6.45) is 5.57. The lowest BCUT2D eigenvalue weighted by molar-refractivity contribution is 0.365. The van der Waals surface area contributed by atoms with Gasteiger partial charge in [0.05, 0.1) is 0 Å². The van der Waals surface area contributed by atoms with Crippen molar-refractivity contribution in [1.82, 2.24) is 0 Å². The second kappa shape index (κ2) is 9.02. The van der Waals surface area contributed by atoms with Gasteiger partial charge in [0, 0.05) is 24.0 Å². The van der Waals surface area contributed by atoms with Gasteiger partial charge in [0.2, 0.25) is 11.5 Å². The molecule has 1 saturated carbocycles. The fourth-order valence-electron chi connectivity index (χ4n) is 4.68. The molecule has 0 aliphatic heterocycles. The molecule has 7 N–H and O–H groups in total. The average molecular weight is 453 g/mol. The summed E-state index contributed by atoms with van der Waals surface area (Å²) in [7, 11) is 0. The zero-order valence-electron chi connectivity index (χ0n) is 18.1. The van der Waals surface area contributed by atoms with Crippen molar-refractivity contribution in [2.45, 2.75) is 50.9 Å². The highest BCUT2D eigenvalue weighted by atomic mass is 16.3. The first kappa shape index (κ1) is 22.5. The third-order valence-electron chi connectivity index (χ3n) is 6.53. The van der Waals surface area contributed by atoms with Gasteiger partial charge >= 0.3 is 0 Å². The van der Waals surface area contributed by atoms with Crippen LogP contribution in [0.2, 0.25) is 0 Å². The van der Waals surface area contributed by atoms with E-state index in [0.717, 1.165) is 43.2 Å². The molecule has 4 rings (SSSR count). The molecule has 0 heterocycles. The molecule has 0 atom stereocenters. The van der Waals surface area contributed by atoms with Crippen molar-refractivity contribution in [2.24, 2.45) is 0 Å². The van der Waals surface area contributed by atoms with E-state index in [4.69, 9.17) is 0 Å². The minimum atomic E-state index is -0.611. The Hall–Kier alpha value is -3.74. The molecule has 0 bridgehead atoms. The molecular weight excluding hydrogens is 424 g/mol. The van der Waals surface area contributed by atoms with E-state index in [2.05, 4.69) is 0 Å². The van der Waals surface area contributed by atoms with Gasteiger partial charge in [0.15, 0.2) is 23.0 Å². The van der Waals surface area contributed by atoms with E-state index in [1.165, 1.54) is 24.3 Å². The Morgan fingerprint density at radius 1 is 0.545 bits per heavy atom. The van der Waals surface area contributed by atoms with Crippen LogP contribution >= 0.6 is 0 Å². The maximum atomic E-state index is 11.1. The van der Waals surface area contributed by atoms with Crippen molar-refractivity contribution in [3.63, 3.8) is 0 Å². The predicted octanol–water partition coefficient (Wildman–Crippen LogP) is 4.86. The Bertz CT molecular complexity index is 1180. The summed E-state index contributed by atoms with van der Waals surface area (Å²) >= 11 is 0. The van der Waals surface area contributed by atoms with E-state index in [1.807, 2.05) is 6.07 Å². The fourth-order valence-corrected chi connectivity index (χ4v) is 4.68. The van der Waals surface area contributed by atoms with Crippen LogP contribution in [0.1, 0.15) is 65.8 Å². The van der Waals surface area contributed by atoms with E-state index in [1.54, 1.807) is 6.07 Å². The summed E-state index contributed by atoms with van der Waals surface area (Å²) < 4.78 is 0. The lowest BCUT2D eigenvalue weighted by Gasteiger charge is -2.25. The molecule has 174 valence electrons. The quantitative estimate of drug-likeness (QED) is 0.274. The largest absolute Gasteiger partial charge is 0.507 e. The van der Waals surface area contributed by atoms with Crippen LogP contribution in [0.4, 0.5) is 0 Å². The summed E-state index contributed by atoms with van der Waals surface area (Å²) in [5.41, 5.74) is 2.88. The van der Waals surface area contributed by atoms with E-state index in [0.29, 0.717) is 16.7 Å². The second-order valence-electron chi connectivity index (χ2n) is 8.76. The van der Waals surface area contributed by atoms with Crippen molar-refractivity contribution in [3.05, 3.63) is 64.2 Å². The van der Waals surface area contributed by atoms with Gasteiger partial charge in [-0.2, -0.15) is 0 Å². The van der Waals surface area contributed by atoms with Gasteiger partial charge in [-0.05, 0) is 47.6 Å². The molecule has 0 aromatic heterocycles. The molecule has 0 saturated heterocycles. The summed E-state index contributed by atoms with van der Waals surface area (Å²) in [6.45, 7) is 0. The Morgan fingerprint density at radius 3 is 1.67 bits per heavy atom. The summed E-state index contributed by atoms with van der Waals surface area (Å²) in [5, 5.41) is 70.7. The zero-order chi connectivity index (χ0) is 23.7. The van der Waals surface area contributed by atoms with E-state index < -0.39 is 34.5 Å². The van der Waals surface area contributed by atoms with Crippen molar-refractivity contribution in [2.75, 3.05) is 0 Å². The van der Waals surface area contributed by atoms with Crippen LogP contribution in [0.25, 0.3) is 0 Å². The molecule has 0 amide bonds. The summed E-state index contributed by atoms with van der Waals surface area (Å²) in [4.78, 5) is 0. The first-order valence-electron chi connectivity index (χ1n) is 11.1. The molecule has 3 aromatic carbocycles. The highest BCUT2D eigenvalue weighted by Crippen LogP contribution is 2.43. The number of hydrogen-bond acceptors (Lipinski definition) is 7. The van der Waals surface area contributed by atoms with Gasteiger partial charge in [-0.1, -0.05) is 43.5 Å². The van der Waals surface area contributed by atoms with Crippen LogP contribution in [-0.4, -0.2) is 35.7 Å². The maximum absolute atomic E-state index is 11.1. The smallest absolute Gasteiger partial charge is 0.200 e. The van der Waals surface area contributed by atoms with Gasteiger partial charge in [-0.15, -0.1) is 0 Å².